The third-order valence-electron chi connectivity index (χ3n) is 5.79. The number of carbonyl (C=O) groups is 1. The van der Waals surface area contributed by atoms with E-state index in [1.807, 2.05) is 0 Å². The second-order valence-corrected chi connectivity index (χ2v) is 10.5. The maximum atomic E-state index is 13.4. The van der Waals surface area contributed by atoms with Gasteiger partial charge in [0.15, 0.2) is 0 Å². The van der Waals surface area contributed by atoms with Crippen molar-refractivity contribution in [1.82, 2.24) is 14.8 Å². The van der Waals surface area contributed by atoms with Gasteiger partial charge >= 0.3 is 12.1 Å². The van der Waals surface area contributed by atoms with Crippen molar-refractivity contribution in [2.45, 2.75) is 17.1 Å². The molecule has 0 aliphatic carbocycles. The van der Waals surface area contributed by atoms with Gasteiger partial charge in [0.1, 0.15) is 6.04 Å². The molecule has 200 valence electrons. The number of alkyl halides is 3. The molecule has 1 aliphatic rings. The first-order valence-corrected chi connectivity index (χ1v) is 13.0. The fourth-order valence-electron chi connectivity index (χ4n) is 3.89. The van der Waals surface area contributed by atoms with Crippen LogP contribution in [0.5, 0.6) is 0 Å². The lowest BCUT2D eigenvalue weighted by Gasteiger charge is -2.24. The lowest BCUT2D eigenvalue weighted by Crippen LogP contribution is -2.20. The number of benzene rings is 3. The molecule has 0 saturated carbocycles. The Hall–Kier alpha value is -4.36. The number of allylic oxidation sites excluding steroid dienone is 1. The Morgan fingerprint density at radius 3 is 2.23 bits per heavy atom. The minimum atomic E-state index is -4.76. The van der Waals surface area contributed by atoms with Gasteiger partial charge in [0.05, 0.1) is 10.5 Å². The van der Waals surface area contributed by atoms with Crippen LogP contribution in [-0.2, 0) is 16.2 Å². The molecule has 0 spiro atoms. The maximum Gasteiger partial charge on any atom is 0.453 e. The minimum Gasteiger partial charge on any atom is -0.478 e. The summed E-state index contributed by atoms with van der Waals surface area (Å²) in [6, 6.07) is 16.6. The van der Waals surface area contributed by atoms with Crippen molar-refractivity contribution in [1.29, 1.82) is 0 Å². The fraction of sp³-hybridized carbons (Fsp3) is 0.0800. The molecule has 0 fully saturated rings. The van der Waals surface area contributed by atoms with E-state index in [0.29, 0.717) is 21.8 Å². The molecule has 2 heterocycles. The Bertz CT molecular complexity index is 1690. The third-order valence-corrected chi connectivity index (χ3v) is 7.44. The van der Waals surface area contributed by atoms with E-state index in [4.69, 9.17) is 16.7 Å². The Labute approximate surface area is 224 Å². The highest BCUT2D eigenvalue weighted by atomic mass is 35.5. The van der Waals surface area contributed by atoms with Crippen LogP contribution >= 0.6 is 11.6 Å². The largest absolute Gasteiger partial charge is 0.478 e. The number of hydrogen-bond donors (Lipinski definition) is 3. The molecule has 1 aromatic heterocycles. The number of carboxylic acids is 1. The quantitative estimate of drug-likeness (QED) is 0.277. The van der Waals surface area contributed by atoms with Crippen LogP contribution in [0.4, 0.5) is 24.8 Å². The molecule has 3 N–H and O–H groups in total. The highest BCUT2D eigenvalue weighted by molar-refractivity contribution is 7.92. The van der Waals surface area contributed by atoms with Crippen molar-refractivity contribution in [3.63, 3.8) is 0 Å². The zero-order valence-corrected chi connectivity index (χ0v) is 21.1. The first kappa shape index (κ1) is 26.3. The number of nitrogens with zero attached hydrogens (tertiary/aromatic N) is 3. The monoisotopic (exact) mass is 575 g/mol. The summed E-state index contributed by atoms with van der Waals surface area (Å²) in [6.07, 6.45) is -3.11. The predicted molar refractivity (Wildman–Crippen MR) is 137 cm³/mol. The molecule has 0 radical (unpaired) electrons. The number of carboxylic acid groups (broad SMARTS) is 1. The summed E-state index contributed by atoms with van der Waals surface area (Å²) in [5.41, 5.74) is 1.67. The molecule has 0 bridgehead atoms. The SMILES string of the molecule is O=C(O)c1ccc(NS(=O)(=O)c2ccc(C3=C[C@H](c4ccc(Cl)cc4)n4nc(C(F)(F)F)nc4N3)cc2)cc1. The van der Waals surface area contributed by atoms with Gasteiger partial charge in [-0.25, -0.2) is 17.9 Å². The molecular weight excluding hydrogens is 559 g/mol. The number of aromatic nitrogens is 3. The van der Waals surface area contributed by atoms with Crippen LogP contribution in [0.15, 0.2) is 83.8 Å². The molecule has 0 amide bonds. The summed E-state index contributed by atoms with van der Waals surface area (Å²) >= 11 is 5.97. The third kappa shape index (κ3) is 5.45. The normalized spacial score (nSPS) is 15.2. The van der Waals surface area contributed by atoms with Crippen LogP contribution < -0.4 is 10.0 Å². The van der Waals surface area contributed by atoms with Crippen LogP contribution in [0.3, 0.4) is 0 Å². The summed E-state index contributed by atoms with van der Waals surface area (Å²) in [5.74, 6) is -2.58. The van der Waals surface area contributed by atoms with Crippen molar-refractivity contribution in [2.75, 3.05) is 10.0 Å². The zero-order chi connectivity index (χ0) is 27.9. The standard InChI is InChI=1S/C25H17ClF3N5O4S/c26-17-7-1-15(2-8-17)21-13-20(30-24-31-23(25(27,28)29)32-34(21)24)14-5-11-19(12-6-14)39(37,38)33-18-9-3-16(4-10-18)22(35)36/h1-13,21,33H,(H,35,36)(H,30,31,32)/t21-/m1/s1. The van der Waals surface area contributed by atoms with E-state index >= 15 is 0 Å². The van der Waals surface area contributed by atoms with Crippen molar-refractivity contribution >= 4 is 44.9 Å². The van der Waals surface area contributed by atoms with E-state index in [9.17, 15) is 26.4 Å². The number of halogens is 4. The second-order valence-electron chi connectivity index (χ2n) is 8.42. The average Bonchev–Trinajstić information content (AvgIpc) is 3.34. The highest BCUT2D eigenvalue weighted by Gasteiger charge is 2.39. The number of fused-ring (bicyclic) bond motifs is 1. The summed E-state index contributed by atoms with van der Waals surface area (Å²) in [7, 11) is -4.01. The highest BCUT2D eigenvalue weighted by Crippen LogP contribution is 2.36. The fourth-order valence-corrected chi connectivity index (χ4v) is 5.07. The van der Waals surface area contributed by atoms with Gasteiger partial charge in [-0.1, -0.05) is 35.9 Å². The van der Waals surface area contributed by atoms with Gasteiger partial charge in [-0.2, -0.15) is 18.2 Å². The number of rotatable bonds is 6. The predicted octanol–water partition coefficient (Wildman–Crippen LogP) is 5.51. The zero-order valence-electron chi connectivity index (χ0n) is 19.5. The number of sulfonamides is 1. The topological polar surface area (TPSA) is 126 Å². The van der Waals surface area contributed by atoms with E-state index in [1.165, 1.54) is 48.5 Å². The van der Waals surface area contributed by atoms with E-state index in [0.717, 1.165) is 4.68 Å². The molecule has 5 rings (SSSR count). The molecule has 0 unspecified atom stereocenters. The van der Waals surface area contributed by atoms with E-state index in [2.05, 4.69) is 20.1 Å². The summed E-state index contributed by atoms with van der Waals surface area (Å²) in [5, 5.41) is 15.9. The van der Waals surface area contributed by atoms with E-state index < -0.39 is 34.0 Å². The average molecular weight is 576 g/mol. The van der Waals surface area contributed by atoms with Crippen LogP contribution in [0.1, 0.15) is 33.4 Å². The second kappa shape index (κ2) is 9.75. The van der Waals surface area contributed by atoms with Gasteiger partial charge < -0.3 is 10.4 Å². The number of anilines is 2. The van der Waals surface area contributed by atoms with Crippen LogP contribution in [0, 0.1) is 0 Å². The van der Waals surface area contributed by atoms with Crippen molar-refractivity contribution in [2.24, 2.45) is 0 Å². The van der Waals surface area contributed by atoms with Crippen LogP contribution in [-0.4, -0.2) is 34.3 Å². The first-order chi connectivity index (χ1) is 18.4. The lowest BCUT2D eigenvalue weighted by molar-refractivity contribution is -0.145. The van der Waals surface area contributed by atoms with Gasteiger partial charge in [-0.15, -0.1) is 5.10 Å². The number of nitrogens with one attached hydrogen (secondary N) is 2. The Morgan fingerprint density at radius 2 is 1.64 bits per heavy atom. The number of aromatic carboxylic acids is 1. The summed E-state index contributed by atoms with van der Waals surface area (Å²) in [6.45, 7) is 0. The van der Waals surface area contributed by atoms with Crippen molar-refractivity contribution in [3.8, 4) is 0 Å². The van der Waals surface area contributed by atoms with Crippen LogP contribution in [0.25, 0.3) is 5.70 Å². The Morgan fingerprint density at radius 1 is 1.00 bits per heavy atom. The Balaban J connectivity index is 1.45. The van der Waals surface area contributed by atoms with Gasteiger partial charge in [-0.05, 0) is 65.7 Å². The molecule has 4 aromatic rings. The summed E-state index contributed by atoms with van der Waals surface area (Å²) < 4.78 is 69.2. The summed E-state index contributed by atoms with van der Waals surface area (Å²) in [4.78, 5) is 14.5. The molecule has 9 nitrogen and oxygen atoms in total. The molecule has 3 aromatic carbocycles. The molecule has 14 heteroatoms. The van der Waals surface area contributed by atoms with Crippen LogP contribution in [0.2, 0.25) is 5.02 Å². The lowest BCUT2D eigenvalue weighted by atomic mass is 10.0. The first-order valence-electron chi connectivity index (χ1n) is 11.2. The van der Waals surface area contributed by atoms with E-state index in [-0.39, 0.29) is 22.1 Å². The molecule has 1 atom stereocenters. The smallest absolute Gasteiger partial charge is 0.453 e. The van der Waals surface area contributed by atoms with Gasteiger partial charge in [-0.3, -0.25) is 4.72 Å². The molecule has 0 saturated heterocycles. The Kier molecular flexibility index (Phi) is 6.56. The maximum absolute atomic E-state index is 13.4. The molecular formula is C25H17ClF3N5O4S. The van der Waals surface area contributed by atoms with Gasteiger partial charge in [0.25, 0.3) is 15.8 Å². The minimum absolute atomic E-state index is 0.00523. The van der Waals surface area contributed by atoms with E-state index in [1.54, 1.807) is 30.3 Å². The van der Waals surface area contributed by atoms with Crippen molar-refractivity contribution in [3.05, 3.63) is 106 Å². The van der Waals surface area contributed by atoms with Gasteiger partial charge in [0, 0.05) is 16.4 Å². The number of hydrogen-bond acceptors (Lipinski definition) is 6. The molecule has 1 aliphatic heterocycles. The van der Waals surface area contributed by atoms with Gasteiger partial charge in [0.2, 0.25) is 5.95 Å². The molecule has 39 heavy (non-hydrogen) atoms. The van der Waals surface area contributed by atoms with Crippen molar-refractivity contribution < 1.29 is 31.5 Å².